The van der Waals surface area contributed by atoms with Gasteiger partial charge in [-0.05, 0) is 48.4 Å². The van der Waals surface area contributed by atoms with Gasteiger partial charge >= 0.3 is 0 Å². The Hall–Kier alpha value is -2.62. The largest absolute Gasteiger partial charge is 0.342 e. The van der Waals surface area contributed by atoms with Crippen molar-refractivity contribution in [1.29, 1.82) is 0 Å². The summed E-state index contributed by atoms with van der Waals surface area (Å²) in [6, 6.07) is 16.0. The normalized spacial score (nSPS) is 14.9. The first kappa shape index (κ1) is 20.1. The summed E-state index contributed by atoms with van der Waals surface area (Å²) in [6.07, 6.45) is 1.87. The number of para-hydroxylation sites is 1. The molecule has 1 fully saturated rings. The molecule has 1 saturated heterocycles. The average Bonchev–Trinajstić information content (AvgIpc) is 2.70. The number of amides is 2. The van der Waals surface area contributed by atoms with Crippen molar-refractivity contribution in [1.82, 2.24) is 4.90 Å². The molecule has 28 heavy (non-hydrogen) atoms. The van der Waals surface area contributed by atoms with Crippen LogP contribution in [0.5, 0.6) is 0 Å². The molecule has 148 valence electrons. The van der Waals surface area contributed by atoms with E-state index < -0.39 is 0 Å². The van der Waals surface area contributed by atoms with Gasteiger partial charge in [-0.25, -0.2) is 0 Å². The standard InChI is InChI=1S/C24H30N2O2/c1-17(2)21-10-6-7-11-22(21)25-24(28)19-12-14-26(15-13-19)23(27)16-20-9-5-4-8-18(20)3/h4-11,17,19H,12-16H2,1-3H3,(H,25,28). The maximum absolute atomic E-state index is 12.7. The summed E-state index contributed by atoms with van der Waals surface area (Å²) >= 11 is 0. The number of hydrogen-bond donors (Lipinski definition) is 1. The minimum absolute atomic E-state index is 0.0391. The summed E-state index contributed by atoms with van der Waals surface area (Å²) < 4.78 is 0. The third-order valence-corrected chi connectivity index (χ3v) is 5.66. The lowest BCUT2D eigenvalue weighted by molar-refractivity contribution is -0.133. The van der Waals surface area contributed by atoms with Crippen LogP contribution in [0.15, 0.2) is 48.5 Å². The van der Waals surface area contributed by atoms with Crippen molar-refractivity contribution < 1.29 is 9.59 Å². The number of carbonyl (C=O) groups is 2. The van der Waals surface area contributed by atoms with Gasteiger partial charge in [0.1, 0.15) is 0 Å². The van der Waals surface area contributed by atoms with E-state index in [9.17, 15) is 9.59 Å². The van der Waals surface area contributed by atoms with Crippen LogP contribution < -0.4 is 5.32 Å². The Kier molecular flexibility index (Phi) is 6.50. The number of piperidine rings is 1. The molecule has 4 heteroatoms. The summed E-state index contributed by atoms with van der Waals surface area (Å²) in [7, 11) is 0. The molecule has 0 radical (unpaired) electrons. The molecule has 3 rings (SSSR count). The Balaban J connectivity index is 1.54. The van der Waals surface area contributed by atoms with Crippen molar-refractivity contribution in [2.45, 2.75) is 46.0 Å². The monoisotopic (exact) mass is 378 g/mol. The molecule has 1 N–H and O–H groups in total. The van der Waals surface area contributed by atoms with Gasteiger partial charge in [-0.3, -0.25) is 9.59 Å². The maximum Gasteiger partial charge on any atom is 0.227 e. The molecule has 1 aliphatic heterocycles. The third-order valence-electron chi connectivity index (χ3n) is 5.66. The lowest BCUT2D eigenvalue weighted by Crippen LogP contribution is -2.42. The van der Waals surface area contributed by atoms with E-state index in [-0.39, 0.29) is 17.7 Å². The molecule has 0 aliphatic carbocycles. The molecule has 2 amide bonds. The lowest BCUT2D eigenvalue weighted by Gasteiger charge is -2.31. The van der Waals surface area contributed by atoms with E-state index in [0.29, 0.717) is 25.4 Å². The molecule has 0 spiro atoms. The van der Waals surface area contributed by atoms with E-state index in [4.69, 9.17) is 0 Å². The number of anilines is 1. The lowest BCUT2D eigenvalue weighted by atomic mass is 9.94. The van der Waals surface area contributed by atoms with Crippen LogP contribution in [0.2, 0.25) is 0 Å². The van der Waals surface area contributed by atoms with Gasteiger partial charge in [0, 0.05) is 24.7 Å². The summed E-state index contributed by atoms with van der Waals surface area (Å²) in [4.78, 5) is 27.3. The second kappa shape index (κ2) is 9.05. The Morgan fingerprint density at radius 2 is 1.68 bits per heavy atom. The van der Waals surface area contributed by atoms with E-state index in [1.165, 1.54) is 0 Å². The second-order valence-electron chi connectivity index (χ2n) is 7.99. The Morgan fingerprint density at radius 3 is 2.36 bits per heavy atom. The van der Waals surface area contributed by atoms with Crippen LogP contribution in [0, 0.1) is 12.8 Å². The molecule has 1 aliphatic rings. The molecule has 0 unspecified atom stereocenters. The predicted octanol–water partition coefficient (Wildman–Crippen LogP) is 4.54. The van der Waals surface area contributed by atoms with E-state index >= 15 is 0 Å². The first-order valence-corrected chi connectivity index (χ1v) is 10.2. The molecule has 0 saturated carbocycles. The highest BCUT2D eigenvalue weighted by atomic mass is 16.2. The van der Waals surface area contributed by atoms with Gasteiger partial charge < -0.3 is 10.2 Å². The fourth-order valence-electron chi connectivity index (χ4n) is 3.82. The van der Waals surface area contributed by atoms with Crippen molar-refractivity contribution >= 4 is 17.5 Å². The van der Waals surface area contributed by atoms with Crippen LogP contribution in [0.25, 0.3) is 0 Å². The van der Waals surface area contributed by atoms with Gasteiger partial charge in [0.2, 0.25) is 11.8 Å². The first-order valence-electron chi connectivity index (χ1n) is 10.2. The van der Waals surface area contributed by atoms with Crippen LogP contribution in [0.4, 0.5) is 5.69 Å². The van der Waals surface area contributed by atoms with Crippen LogP contribution in [0.3, 0.4) is 0 Å². The van der Waals surface area contributed by atoms with Crippen LogP contribution in [0.1, 0.15) is 49.3 Å². The molecular weight excluding hydrogens is 348 g/mol. The average molecular weight is 379 g/mol. The minimum Gasteiger partial charge on any atom is -0.342 e. The first-order chi connectivity index (χ1) is 13.5. The molecule has 2 aromatic rings. The third kappa shape index (κ3) is 4.80. The maximum atomic E-state index is 12.7. The van der Waals surface area contributed by atoms with E-state index in [1.807, 2.05) is 54.3 Å². The van der Waals surface area contributed by atoms with Gasteiger partial charge in [-0.15, -0.1) is 0 Å². The summed E-state index contributed by atoms with van der Waals surface area (Å²) in [5.74, 6) is 0.539. The van der Waals surface area contributed by atoms with Crippen LogP contribution in [-0.4, -0.2) is 29.8 Å². The van der Waals surface area contributed by atoms with Gasteiger partial charge in [-0.1, -0.05) is 56.3 Å². The second-order valence-corrected chi connectivity index (χ2v) is 7.99. The van der Waals surface area contributed by atoms with Crippen molar-refractivity contribution in [2.24, 2.45) is 5.92 Å². The van der Waals surface area contributed by atoms with Gasteiger partial charge in [-0.2, -0.15) is 0 Å². The Morgan fingerprint density at radius 1 is 1.04 bits per heavy atom. The molecule has 0 atom stereocenters. The van der Waals surface area contributed by atoms with Crippen LogP contribution in [-0.2, 0) is 16.0 Å². The van der Waals surface area contributed by atoms with Crippen molar-refractivity contribution in [2.75, 3.05) is 18.4 Å². The minimum atomic E-state index is -0.0391. The zero-order valence-corrected chi connectivity index (χ0v) is 17.1. The summed E-state index contributed by atoms with van der Waals surface area (Å²) in [5.41, 5.74) is 4.29. The zero-order valence-electron chi connectivity index (χ0n) is 17.1. The van der Waals surface area contributed by atoms with Crippen LogP contribution >= 0.6 is 0 Å². The predicted molar refractivity (Wildman–Crippen MR) is 113 cm³/mol. The highest BCUT2D eigenvalue weighted by molar-refractivity contribution is 5.93. The van der Waals surface area contributed by atoms with E-state index in [1.54, 1.807) is 0 Å². The number of carbonyl (C=O) groups excluding carboxylic acids is 2. The fraction of sp³-hybridized carbons (Fsp3) is 0.417. The number of likely N-dealkylation sites (tertiary alicyclic amines) is 1. The Bertz CT molecular complexity index is 836. The number of nitrogens with one attached hydrogen (secondary N) is 1. The van der Waals surface area contributed by atoms with Gasteiger partial charge in [0.05, 0.1) is 6.42 Å². The molecule has 4 nitrogen and oxygen atoms in total. The quantitative estimate of drug-likeness (QED) is 0.830. The highest BCUT2D eigenvalue weighted by Gasteiger charge is 2.27. The number of hydrogen-bond acceptors (Lipinski definition) is 2. The number of nitrogens with zero attached hydrogens (tertiary/aromatic N) is 1. The molecule has 0 bridgehead atoms. The van der Waals surface area contributed by atoms with Crippen molar-refractivity contribution in [3.05, 3.63) is 65.2 Å². The highest BCUT2D eigenvalue weighted by Crippen LogP contribution is 2.26. The zero-order chi connectivity index (χ0) is 20.1. The SMILES string of the molecule is Cc1ccccc1CC(=O)N1CCC(C(=O)Nc2ccccc2C(C)C)CC1. The van der Waals surface area contributed by atoms with Gasteiger partial charge in [0.15, 0.2) is 0 Å². The molecule has 2 aromatic carbocycles. The molecular formula is C24H30N2O2. The molecule has 0 aromatic heterocycles. The van der Waals surface area contributed by atoms with Crippen molar-refractivity contribution in [3.63, 3.8) is 0 Å². The number of benzene rings is 2. The summed E-state index contributed by atoms with van der Waals surface area (Å²) in [6.45, 7) is 7.59. The van der Waals surface area contributed by atoms with Gasteiger partial charge in [0.25, 0.3) is 0 Å². The summed E-state index contributed by atoms with van der Waals surface area (Å²) in [5, 5.41) is 3.11. The number of aryl methyl sites for hydroxylation is 1. The smallest absolute Gasteiger partial charge is 0.227 e. The topological polar surface area (TPSA) is 49.4 Å². The molecule has 1 heterocycles. The van der Waals surface area contributed by atoms with Crippen molar-refractivity contribution in [3.8, 4) is 0 Å². The fourth-order valence-corrected chi connectivity index (χ4v) is 3.82. The Labute approximate surface area is 167 Å². The van der Waals surface area contributed by atoms with E-state index in [2.05, 4.69) is 25.2 Å². The number of rotatable bonds is 5. The van der Waals surface area contributed by atoms with E-state index in [0.717, 1.165) is 35.2 Å².